The molecule has 1 aliphatic rings. The molecule has 10 nitrogen and oxygen atoms in total. The van der Waals surface area contributed by atoms with Gasteiger partial charge >= 0.3 is 0 Å². The molecule has 1 fully saturated rings. The van der Waals surface area contributed by atoms with E-state index >= 15 is 0 Å². The van der Waals surface area contributed by atoms with Crippen LogP contribution >= 0.6 is 0 Å². The van der Waals surface area contributed by atoms with Crippen LogP contribution < -0.4 is 5.32 Å². The zero-order valence-electron chi connectivity index (χ0n) is 15.4. The van der Waals surface area contributed by atoms with Crippen LogP contribution in [0, 0.1) is 12.3 Å². The number of terminal acetylenes is 1. The van der Waals surface area contributed by atoms with Crippen molar-refractivity contribution in [1.82, 2.24) is 5.32 Å². The number of ether oxygens (including phenoxy) is 5. The van der Waals surface area contributed by atoms with Gasteiger partial charge in [-0.15, -0.1) is 6.42 Å². The van der Waals surface area contributed by atoms with Gasteiger partial charge in [-0.3, -0.25) is 4.79 Å². The molecule has 1 rings (SSSR count). The Morgan fingerprint density at radius 1 is 1.07 bits per heavy atom. The van der Waals surface area contributed by atoms with Crippen LogP contribution in [0.3, 0.4) is 0 Å². The minimum Gasteiger partial charge on any atom is -0.394 e. The van der Waals surface area contributed by atoms with Crippen molar-refractivity contribution in [1.29, 1.82) is 0 Å². The third-order valence-corrected chi connectivity index (χ3v) is 3.69. The van der Waals surface area contributed by atoms with E-state index in [4.69, 9.17) is 30.1 Å². The van der Waals surface area contributed by atoms with Crippen LogP contribution in [0.15, 0.2) is 0 Å². The summed E-state index contributed by atoms with van der Waals surface area (Å²) < 4.78 is 26.6. The lowest BCUT2D eigenvalue weighted by Gasteiger charge is -2.42. The highest BCUT2D eigenvalue weighted by atomic mass is 16.7. The first-order valence-corrected chi connectivity index (χ1v) is 8.69. The summed E-state index contributed by atoms with van der Waals surface area (Å²) in [4.78, 5) is 11.3. The van der Waals surface area contributed by atoms with Crippen LogP contribution in [0.25, 0.3) is 0 Å². The van der Waals surface area contributed by atoms with Gasteiger partial charge in [0.2, 0.25) is 5.91 Å². The number of hydrogen-bond donors (Lipinski definition) is 4. The van der Waals surface area contributed by atoms with Crippen molar-refractivity contribution in [2.75, 3.05) is 52.9 Å². The Morgan fingerprint density at radius 3 is 2.22 bits per heavy atom. The Morgan fingerprint density at radius 2 is 1.67 bits per heavy atom. The topological polar surface area (TPSA) is 136 Å². The van der Waals surface area contributed by atoms with Crippen molar-refractivity contribution in [3.8, 4) is 12.3 Å². The van der Waals surface area contributed by atoms with E-state index in [1.807, 2.05) is 0 Å². The molecule has 1 aliphatic heterocycles. The summed E-state index contributed by atoms with van der Waals surface area (Å²) in [5.41, 5.74) is 0. The molecule has 1 amide bonds. The molecule has 4 N–H and O–H groups in total. The van der Waals surface area contributed by atoms with E-state index in [-0.39, 0.29) is 19.8 Å². The molecule has 156 valence electrons. The van der Waals surface area contributed by atoms with Crippen molar-refractivity contribution < 1.29 is 43.8 Å². The van der Waals surface area contributed by atoms with Gasteiger partial charge in [0.15, 0.2) is 6.29 Å². The number of hydrogen-bond acceptors (Lipinski definition) is 9. The molecule has 1 heterocycles. The Hall–Kier alpha value is -1.29. The molecule has 0 saturated carbocycles. The van der Waals surface area contributed by atoms with Crippen LogP contribution in [-0.4, -0.2) is 105 Å². The maximum absolute atomic E-state index is 11.3. The van der Waals surface area contributed by atoms with E-state index in [1.54, 1.807) is 0 Å². The Balaban J connectivity index is 2.24. The summed E-state index contributed by atoms with van der Waals surface area (Å²) in [6, 6.07) is -0.966. The van der Waals surface area contributed by atoms with Gasteiger partial charge in [0.1, 0.15) is 31.0 Å². The lowest BCUT2D eigenvalue weighted by atomic mass is 9.97. The summed E-state index contributed by atoms with van der Waals surface area (Å²) in [5, 5.41) is 31.7. The number of carbonyl (C=O) groups excluding carboxylic acids is 1. The van der Waals surface area contributed by atoms with Crippen molar-refractivity contribution >= 4 is 5.91 Å². The van der Waals surface area contributed by atoms with Crippen LogP contribution in [0.2, 0.25) is 0 Å². The minimum absolute atomic E-state index is 0.118. The summed E-state index contributed by atoms with van der Waals surface area (Å²) in [6.45, 7) is 2.93. The maximum Gasteiger partial charge on any atom is 0.217 e. The van der Waals surface area contributed by atoms with Gasteiger partial charge in [-0.25, -0.2) is 0 Å². The molecule has 0 unspecified atom stereocenters. The summed E-state index contributed by atoms with van der Waals surface area (Å²) >= 11 is 0. The molecule has 1 saturated heterocycles. The number of rotatable bonds is 13. The van der Waals surface area contributed by atoms with Crippen molar-refractivity contribution in [2.24, 2.45) is 0 Å². The smallest absolute Gasteiger partial charge is 0.217 e. The SMILES string of the molecule is C#CCOCCOCCOCCO[C@H]1O[C@H](CO)[C@H](O)[C@H](O)[C@@H]1NC(C)=O. The lowest BCUT2D eigenvalue weighted by Crippen LogP contribution is -2.64. The van der Waals surface area contributed by atoms with Gasteiger partial charge in [-0.2, -0.15) is 0 Å². The Bertz CT molecular complexity index is 456. The maximum atomic E-state index is 11.3. The molecular weight excluding hydrogens is 362 g/mol. The second kappa shape index (κ2) is 13.8. The van der Waals surface area contributed by atoms with Crippen molar-refractivity contribution in [2.45, 2.75) is 37.6 Å². The monoisotopic (exact) mass is 391 g/mol. The van der Waals surface area contributed by atoms with E-state index < -0.39 is 43.2 Å². The van der Waals surface area contributed by atoms with Gasteiger partial charge in [-0.05, 0) is 0 Å². The van der Waals surface area contributed by atoms with Crippen molar-refractivity contribution in [3.63, 3.8) is 0 Å². The highest BCUT2D eigenvalue weighted by molar-refractivity contribution is 5.73. The fourth-order valence-electron chi connectivity index (χ4n) is 2.41. The average molecular weight is 391 g/mol. The van der Waals surface area contributed by atoms with Gasteiger partial charge in [-0.1, -0.05) is 5.92 Å². The molecule has 5 atom stereocenters. The van der Waals surface area contributed by atoms with Crippen LogP contribution in [0.5, 0.6) is 0 Å². The molecule has 0 spiro atoms. The van der Waals surface area contributed by atoms with E-state index in [0.29, 0.717) is 26.4 Å². The third kappa shape index (κ3) is 8.96. The highest BCUT2D eigenvalue weighted by Gasteiger charge is 2.45. The highest BCUT2D eigenvalue weighted by Crippen LogP contribution is 2.22. The standard InChI is InChI=1S/C17H29NO9/c1-3-4-23-5-6-24-7-8-25-9-10-26-17-14(18-12(2)20)16(22)15(21)13(11-19)27-17/h1,13-17,19,21-22H,4-11H2,2H3,(H,18,20)/t13-,14+,15+,16-,17+/m1/s1. The molecule has 0 aromatic carbocycles. The first kappa shape index (κ1) is 23.7. The Kier molecular flexibility index (Phi) is 12.2. The number of aliphatic hydroxyl groups is 3. The molecule has 0 aliphatic carbocycles. The Labute approximate surface area is 158 Å². The van der Waals surface area contributed by atoms with Crippen LogP contribution in [0.4, 0.5) is 0 Å². The van der Waals surface area contributed by atoms with Gasteiger partial charge < -0.3 is 44.3 Å². The molecule has 0 bridgehead atoms. The summed E-state index contributed by atoms with van der Waals surface area (Å²) in [6.07, 6.45) is 0.315. The fraction of sp³-hybridized carbons (Fsp3) is 0.824. The zero-order valence-corrected chi connectivity index (χ0v) is 15.4. The number of nitrogens with one attached hydrogen (secondary N) is 1. The largest absolute Gasteiger partial charge is 0.394 e. The van der Waals surface area contributed by atoms with Gasteiger partial charge in [0.05, 0.1) is 46.2 Å². The van der Waals surface area contributed by atoms with Gasteiger partial charge in [0, 0.05) is 6.92 Å². The van der Waals surface area contributed by atoms with E-state index in [2.05, 4.69) is 11.2 Å². The minimum atomic E-state index is -1.34. The molecule has 0 aromatic rings. The van der Waals surface area contributed by atoms with Crippen LogP contribution in [-0.2, 0) is 28.5 Å². The second-order valence-electron chi connectivity index (χ2n) is 5.79. The molecule has 27 heavy (non-hydrogen) atoms. The molecular formula is C17H29NO9. The molecule has 0 aromatic heterocycles. The zero-order chi connectivity index (χ0) is 20.1. The lowest BCUT2D eigenvalue weighted by molar-refractivity contribution is -0.272. The van der Waals surface area contributed by atoms with E-state index in [1.165, 1.54) is 6.92 Å². The molecule has 0 radical (unpaired) electrons. The van der Waals surface area contributed by atoms with E-state index in [9.17, 15) is 20.1 Å². The van der Waals surface area contributed by atoms with E-state index in [0.717, 1.165) is 0 Å². The number of aliphatic hydroxyl groups excluding tert-OH is 3. The van der Waals surface area contributed by atoms with Crippen molar-refractivity contribution in [3.05, 3.63) is 0 Å². The first-order chi connectivity index (χ1) is 13.0. The summed E-state index contributed by atoms with van der Waals surface area (Å²) in [7, 11) is 0. The second-order valence-corrected chi connectivity index (χ2v) is 5.79. The van der Waals surface area contributed by atoms with Crippen LogP contribution in [0.1, 0.15) is 6.92 Å². The average Bonchev–Trinajstić information content (AvgIpc) is 2.64. The van der Waals surface area contributed by atoms with Gasteiger partial charge in [0.25, 0.3) is 0 Å². The fourth-order valence-corrected chi connectivity index (χ4v) is 2.41. The predicted molar refractivity (Wildman–Crippen MR) is 92.6 cm³/mol. The third-order valence-electron chi connectivity index (χ3n) is 3.69. The molecule has 10 heteroatoms. The quantitative estimate of drug-likeness (QED) is 0.201. The number of carbonyl (C=O) groups is 1. The first-order valence-electron chi connectivity index (χ1n) is 8.69. The summed E-state index contributed by atoms with van der Waals surface area (Å²) in [5.74, 6) is 1.94. The normalized spacial score (nSPS) is 27.9. The number of amides is 1. The predicted octanol–water partition coefficient (Wildman–Crippen LogP) is -2.37.